The van der Waals surface area contributed by atoms with Gasteiger partial charge >= 0.3 is 0 Å². The number of nitrogens with zero attached hydrogens (tertiary/aromatic N) is 1. The lowest BCUT2D eigenvalue weighted by Crippen LogP contribution is -2.20. The predicted octanol–water partition coefficient (Wildman–Crippen LogP) is 3.27. The third-order valence-electron chi connectivity index (χ3n) is 2.85. The molecule has 0 bridgehead atoms. The van der Waals surface area contributed by atoms with E-state index in [2.05, 4.69) is 5.32 Å². The van der Waals surface area contributed by atoms with E-state index in [0.29, 0.717) is 16.5 Å². The Hall–Kier alpha value is -2.80. The fraction of sp³-hybridized carbons (Fsp3) is 0.133. The van der Waals surface area contributed by atoms with Crippen molar-refractivity contribution in [1.29, 1.82) is 0 Å². The lowest BCUT2D eigenvalue weighted by Gasteiger charge is -2.10. The second kappa shape index (κ2) is 7.46. The maximum atomic E-state index is 11.9. The number of halogens is 1. The molecule has 23 heavy (non-hydrogen) atoms. The highest BCUT2D eigenvalue weighted by molar-refractivity contribution is 6.33. The summed E-state index contributed by atoms with van der Waals surface area (Å²) in [6.45, 7) is -0.311. The highest BCUT2D eigenvalue weighted by Gasteiger charge is 2.10. The zero-order chi connectivity index (χ0) is 16.8. The first kappa shape index (κ1) is 16.6. The summed E-state index contributed by atoms with van der Waals surface area (Å²) in [4.78, 5) is 22.0. The Labute approximate surface area is 136 Å². The van der Waals surface area contributed by atoms with Crippen LogP contribution in [0.3, 0.4) is 0 Å². The van der Waals surface area contributed by atoms with Crippen molar-refractivity contribution < 1.29 is 19.2 Å². The molecule has 8 heteroatoms. The molecule has 7 nitrogen and oxygen atoms in total. The number of benzene rings is 2. The number of amides is 1. The molecule has 120 valence electrons. The van der Waals surface area contributed by atoms with Gasteiger partial charge in [0.05, 0.1) is 28.8 Å². The average molecular weight is 337 g/mol. The normalized spacial score (nSPS) is 10.0. The second-order valence-corrected chi connectivity index (χ2v) is 4.84. The van der Waals surface area contributed by atoms with Crippen LogP contribution in [0.15, 0.2) is 42.5 Å². The molecule has 2 aromatic carbocycles. The summed E-state index contributed by atoms with van der Waals surface area (Å²) < 4.78 is 10.3. The number of carbonyl (C=O) groups excluding carboxylic acids is 1. The van der Waals surface area contributed by atoms with Gasteiger partial charge in [0.2, 0.25) is 0 Å². The fourth-order valence-corrected chi connectivity index (χ4v) is 1.91. The molecule has 0 saturated carbocycles. The van der Waals surface area contributed by atoms with Crippen LogP contribution in [-0.4, -0.2) is 24.5 Å². The molecule has 1 amide bonds. The number of anilines is 1. The van der Waals surface area contributed by atoms with Gasteiger partial charge in [-0.2, -0.15) is 0 Å². The second-order valence-electron chi connectivity index (χ2n) is 4.44. The summed E-state index contributed by atoms with van der Waals surface area (Å²) in [5.74, 6) is 0.321. The molecule has 0 aliphatic carbocycles. The van der Waals surface area contributed by atoms with Crippen LogP contribution in [0.4, 0.5) is 11.4 Å². The van der Waals surface area contributed by atoms with Crippen molar-refractivity contribution in [2.75, 3.05) is 19.0 Å². The van der Waals surface area contributed by atoms with E-state index in [4.69, 9.17) is 21.1 Å². The van der Waals surface area contributed by atoms with E-state index >= 15 is 0 Å². The topological polar surface area (TPSA) is 90.7 Å². The Morgan fingerprint density at radius 2 is 2.04 bits per heavy atom. The van der Waals surface area contributed by atoms with E-state index in [0.717, 1.165) is 0 Å². The summed E-state index contributed by atoms with van der Waals surface area (Å²) in [7, 11) is 1.50. The van der Waals surface area contributed by atoms with Crippen LogP contribution in [0, 0.1) is 10.1 Å². The van der Waals surface area contributed by atoms with Gasteiger partial charge in [0, 0.05) is 12.1 Å². The quantitative estimate of drug-likeness (QED) is 0.645. The van der Waals surface area contributed by atoms with Crippen molar-refractivity contribution in [3.05, 3.63) is 57.6 Å². The molecule has 0 fully saturated rings. The van der Waals surface area contributed by atoms with Crippen molar-refractivity contribution in [2.24, 2.45) is 0 Å². The first-order valence-corrected chi connectivity index (χ1v) is 6.88. The van der Waals surface area contributed by atoms with Crippen LogP contribution in [0.5, 0.6) is 11.5 Å². The number of nitrogens with one attached hydrogen (secondary N) is 1. The molecule has 0 atom stereocenters. The Bertz CT molecular complexity index is 736. The van der Waals surface area contributed by atoms with Gasteiger partial charge in [-0.1, -0.05) is 17.7 Å². The smallest absolute Gasteiger partial charge is 0.273 e. The van der Waals surface area contributed by atoms with Crippen molar-refractivity contribution in [2.45, 2.75) is 0 Å². The van der Waals surface area contributed by atoms with Gasteiger partial charge in [0.25, 0.3) is 11.6 Å². The molecule has 0 radical (unpaired) electrons. The van der Waals surface area contributed by atoms with Gasteiger partial charge in [0.15, 0.2) is 6.61 Å². The Kier molecular flexibility index (Phi) is 5.37. The molecule has 2 rings (SSSR count). The molecule has 0 aromatic heterocycles. The molecule has 0 aliphatic rings. The van der Waals surface area contributed by atoms with Crippen LogP contribution < -0.4 is 14.8 Å². The lowest BCUT2D eigenvalue weighted by molar-refractivity contribution is -0.384. The van der Waals surface area contributed by atoms with E-state index in [9.17, 15) is 14.9 Å². The number of nitro benzene ring substituents is 1. The molecule has 0 aliphatic heterocycles. The van der Waals surface area contributed by atoms with Gasteiger partial charge < -0.3 is 14.8 Å². The highest BCUT2D eigenvalue weighted by atomic mass is 35.5. The van der Waals surface area contributed by atoms with E-state index in [1.807, 2.05) is 0 Å². The largest absolute Gasteiger partial charge is 0.497 e. The van der Waals surface area contributed by atoms with Crippen LogP contribution in [0.1, 0.15) is 0 Å². The van der Waals surface area contributed by atoms with E-state index in [1.54, 1.807) is 18.2 Å². The molecule has 2 aromatic rings. The predicted molar refractivity (Wildman–Crippen MR) is 85.2 cm³/mol. The van der Waals surface area contributed by atoms with Gasteiger partial charge in [0.1, 0.15) is 11.5 Å². The van der Waals surface area contributed by atoms with Crippen molar-refractivity contribution >= 4 is 28.9 Å². The van der Waals surface area contributed by atoms with Crippen molar-refractivity contribution in [3.8, 4) is 11.5 Å². The van der Waals surface area contributed by atoms with Gasteiger partial charge in [-0.3, -0.25) is 14.9 Å². The average Bonchev–Trinajstić information content (AvgIpc) is 2.55. The number of non-ortho nitro benzene ring substituents is 1. The van der Waals surface area contributed by atoms with Crippen LogP contribution in [0.2, 0.25) is 5.02 Å². The number of rotatable bonds is 6. The maximum absolute atomic E-state index is 11.9. The number of hydrogen-bond donors (Lipinski definition) is 1. The first-order valence-electron chi connectivity index (χ1n) is 6.50. The van der Waals surface area contributed by atoms with Crippen molar-refractivity contribution in [1.82, 2.24) is 0 Å². The third kappa shape index (κ3) is 4.58. The third-order valence-corrected chi connectivity index (χ3v) is 3.18. The Morgan fingerprint density at radius 3 is 2.74 bits per heavy atom. The molecule has 0 unspecified atom stereocenters. The molecule has 0 saturated heterocycles. The van der Waals surface area contributed by atoms with Gasteiger partial charge in [-0.15, -0.1) is 0 Å². The SMILES string of the molecule is COc1ccc(Cl)c(NC(=O)COc2cccc([N+](=O)[O-])c2)c1. The molecule has 0 heterocycles. The van der Waals surface area contributed by atoms with Gasteiger partial charge in [-0.25, -0.2) is 0 Å². The Balaban J connectivity index is 1.98. The van der Waals surface area contributed by atoms with Crippen LogP contribution in [-0.2, 0) is 4.79 Å². The summed E-state index contributed by atoms with van der Waals surface area (Å²) in [5.41, 5.74) is 0.275. The van der Waals surface area contributed by atoms with E-state index in [-0.39, 0.29) is 18.0 Å². The zero-order valence-corrected chi connectivity index (χ0v) is 12.9. The molecular formula is C15H13ClN2O5. The molecule has 1 N–H and O–H groups in total. The maximum Gasteiger partial charge on any atom is 0.273 e. The minimum atomic E-state index is -0.539. The first-order chi connectivity index (χ1) is 11.0. The number of hydrogen-bond acceptors (Lipinski definition) is 5. The van der Waals surface area contributed by atoms with Crippen LogP contribution >= 0.6 is 11.6 Å². The summed E-state index contributed by atoms with van der Waals surface area (Å²) >= 11 is 5.98. The molecule has 0 spiro atoms. The fourth-order valence-electron chi connectivity index (χ4n) is 1.75. The highest BCUT2D eigenvalue weighted by Crippen LogP contribution is 2.26. The minimum Gasteiger partial charge on any atom is -0.497 e. The minimum absolute atomic E-state index is 0.112. The number of nitro groups is 1. The summed E-state index contributed by atoms with van der Waals surface area (Å²) in [5, 5.41) is 13.6. The van der Waals surface area contributed by atoms with Crippen molar-refractivity contribution in [3.63, 3.8) is 0 Å². The number of ether oxygens (including phenoxy) is 2. The van der Waals surface area contributed by atoms with E-state index in [1.165, 1.54) is 31.4 Å². The van der Waals surface area contributed by atoms with E-state index < -0.39 is 10.8 Å². The van der Waals surface area contributed by atoms with Gasteiger partial charge in [-0.05, 0) is 18.2 Å². The summed E-state index contributed by atoms with van der Waals surface area (Å²) in [6.07, 6.45) is 0. The Morgan fingerprint density at radius 1 is 1.26 bits per heavy atom. The zero-order valence-electron chi connectivity index (χ0n) is 12.1. The summed E-state index contributed by atoms with van der Waals surface area (Å²) in [6, 6.07) is 10.4. The molecular weight excluding hydrogens is 324 g/mol. The van der Waals surface area contributed by atoms with Crippen LogP contribution in [0.25, 0.3) is 0 Å². The standard InChI is InChI=1S/C15H13ClN2O5/c1-22-11-5-6-13(16)14(8-11)17-15(19)9-23-12-4-2-3-10(7-12)18(20)21/h2-8H,9H2,1H3,(H,17,19). The lowest BCUT2D eigenvalue weighted by atomic mass is 10.3. The number of carbonyl (C=O) groups is 1. The monoisotopic (exact) mass is 336 g/mol. The number of methoxy groups -OCH3 is 1.